The van der Waals surface area contributed by atoms with Crippen molar-refractivity contribution in [3.8, 4) is 0 Å². The molecule has 0 N–H and O–H groups in total. The summed E-state index contributed by atoms with van der Waals surface area (Å²) in [6.07, 6.45) is 0. The summed E-state index contributed by atoms with van der Waals surface area (Å²) in [6, 6.07) is 8.56. The fourth-order valence-electron chi connectivity index (χ4n) is 1.72. The van der Waals surface area contributed by atoms with Gasteiger partial charge in [0.25, 0.3) is 0 Å². The molecular weight excluding hydrogens is 264 g/mol. The Labute approximate surface area is 107 Å². The van der Waals surface area contributed by atoms with Crippen molar-refractivity contribution < 1.29 is 0 Å². The lowest BCUT2D eigenvalue weighted by Crippen LogP contribution is -2.44. The molecule has 1 aromatic rings. The van der Waals surface area contributed by atoms with Crippen LogP contribution in [0.4, 0.5) is 5.69 Å². The molecule has 3 heteroatoms. The molecule has 1 heterocycles. The Bertz CT molecular complexity index is 289. The van der Waals surface area contributed by atoms with E-state index in [-0.39, 0.29) is 0 Å². The molecule has 2 rings (SSSR count). The number of nitrogens with zero attached hydrogens (tertiary/aromatic N) is 2. The van der Waals surface area contributed by atoms with Crippen molar-refractivity contribution in [3.05, 3.63) is 28.7 Å². The number of likely N-dealkylation sites (N-methyl/N-ethyl adjacent to an activating group) is 1. The van der Waals surface area contributed by atoms with Crippen LogP contribution in [0, 0.1) is 0 Å². The number of piperazine rings is 1. The third kappa shape index (κ3) is 3.80. The van der Waals surface area contributed by atoms with E-state index >= 15 is 0 Å². The molecule has 16 heavy (non-hydrogen) atoms. The van der Waals surface area contributed by atoms with Gasteiger partial charge in [0.15, 0.2) is 0 Å². The molecular formula is C13H21BrN2. The van der Waals surface area contributed by atoms with Gasteiger partial charge in [-0.15, -0.1) is 0 Å². The van der Waals surface area contributed by atoms with E-state index in [0.717, 1.165) is 30.7 Å². The molecule has 1 aliphatic rings. The molecule has 0 bridgehead atoms. The first-order valence-electron chi connectivity index (χ1n) is 5.95. The molecule has 1 saturated heterocycles. The van der Waals surface area contributed by atoms with E-state index in [0.29, 0.717) is 0 Å². The quantitative estimate of drug-likeness (QED) is 0.781. The van der Waals surface area contributed by atoms with Crippen molar-refractivity contribution in [3.63, 3.8) is 0 Å². The summed E-state index contributed by atoms with van der Waals surface area (Å²) in [5, 5.41) is 0. The second-order valence-electron chi connectivity index (χ2n) is 3.77. The monoisotopic (exact) mass is 284 g/mol. The lowest BCUT2D eigenvalue weighted by Gasteiger charge is -2.34. The Morgan fingerprint density at radius 1 is 0.938 bits per heavy atom. The molecule has 0 unspecified atom stereocenters. The van der Waals surface area contributed by atoms with Crippen molar-refractivity contribution >= 4 is 21.6 Å². The number of halogens is 1. The van der Waals surface area contributed by atoms with Crippen LogP contribution < -0.4 is 4.90 Å². The van der Waals surface area contributed by atoms with Gasteiger partial charge in [-0.25, -0.2) is 0 Å². The maximum Gasteiger partial charge on any atom is 0.0367 e. The topological polar surface area (TPSA) is 6.48 Å². The summed E-state index contributed by atoms with van der Waals surface area (Å²) < 4.78 is 1.15. The molecule has 1 aromatic carbocycles. The standard InChI is InChI=1S/C11H15BrN2.C2H6/c1-13-6-8-14(9-7-13)11-4-2-10(12)3-5-11;1-2/h2-5H,6-9H2,1H3;1-2H3. The second-order valence-corrected chi connectivity index (χ2v) is 4.68. The van der Waals surface area contributed by atoms with E-state index in [1.165, 1.54) is 5.69 Å². The normalized spacial score (nSPS) is 16.6. The zero-order valence-corrected chi connectivity index (χ0v) is 12.0. The van der Waals surface area contributed by atoms with Crippen LogP contribution in [0.25, 0.3) is 0 Å². The van der Waals surface area contributed by atoms with Gasteiger partial charge < -0.3 is 9.80 Å². The molecule has 0 atom stereocenters. The summed E-state index contributed by atoms with van der Waals surface area (Å²) in [6.45, 7) is 8.60. The fraction of sp³-hybridized carbons (Fsp3) is 0.538. The second kappa shape index (κ2) is 6.92. The molecule has 0 amide bonds. The first-order valence-corrected chi connectivity index (χ1v) is 6.74. The molecule has 0 aromatic heterocycles. The van der Waals surface area contributed by atoms with Crippen molar-refractivity contribution in [1.29, 1.82) is 0 Å². The van der Waals surface area contributed by atoms with Crippen molar-refractivity contribution in [2.45, 2.75) is 13.8 Å². The third-order valence-corrected chi connectivity index (χ3v) is 3.22. The largest absolute Gasteiger partial charge is 0.369 e. The number of anilines is 1. The number of hydrogen-bond donors (Lipinski definition) is 0. The molecule has 0 saturated carbocycles. The summed E-state index contributed by atoms with van der Waals surface area (Å²) in [5.41, 5.74) is 1.33. The summed E-state index contributed by atoms with van der Waals surface area (Å²) in [4.78, 5) is 4.81. The average molecular weight is 285 g/mol. The van der Waals surface area contributed by atoms with E-state index < -0.39 is 0 Å². The van der Waals surface area contributed by atoms with Gasteiger partial charge >= 0.3 is 0 Å². The Morgan fingerprint density at radius 3 is 1.94 bits per heavy atom. The maximum atomic E-state index is 3.45. The number of rotatable bonds is 1. The molecule has 1 fully saturated rings. The van der Waals surface area contributed by atoms with Gasteiger partial charge in [-0.05, 0) is 31.3 Å². The van der Waals surface area contributed by atoms with Gasteiger partial charge in [-0.3, -0.25) is 0 Å². The third-order valence-electron chi connectivity index (χ3n) is 2.70. The summed E-state index contributed by atoms with van der Waals surface area (Å²) in [5.74, 6) is 0. The van der Waals surface area contributed by atoms with Gasteiger partial charge in [0, 0.05) is 36.3 Å². The Hall–Kier alpha value is -0.540. The highest BCUT2D eigenvalue weighted by atomic mass is 79.9. The lowest BCUT2D eigenvalue weighted by atomic mass is 10.2. The minimum absolute atomic E-state index is 1.14. The Morgan fingerprint density at radius 2 is 1.44 bits per heavy atom. The number of benzene rings is 1. The van der Waals surface area contributed by atoms with Crippen LogP contribution in [0.1, 0.15) is 13.8 Å². The van der Waals surface area contributed by atoms with Crippen LogP contribution in [0.2, 0.25) is 0 Å². The van der Waals surface area contributed by atoms with Gasteiger partial charge in [0.2, 0.25) is 0 Å². The molecule has 2 nitrogen and oxygen atoms in total. The van der Waals surface area contributed by atoms with Crippen molar-refractivity contribution in [2.24, 2.45) is 0 Å². The number of hydrogen-bond acceptors (Lipinski definition) is 2. The molecule has 0 radical (unpaired) electrons. The van der Waals surface area contributed by atoms with E-state index in [2.05, 4.69) is 57.0 Å². The maximum absolute atomic E-state index is 3.45. The fourth-order valence-corrected chi connectivity index (χ4v) is 1.98. The van der Waals surface area contributed by atoms with E-state index in [1.54, 1.807) is 0 Å². The highest BCUT2D eigenvalue weighted by Gasteiger charge is 2.13. The van der Waals surface area contributed by atoms with Gasteiger partial charge in [-0.1, -0.05) is 29.8 Å². The first kappa shape index (κ1) is 13.5. The average Bonchev–Trinajstić information content (AvgIpc) is 2.34. The SMILES string of the molecule is CC.CN1CCN(c2ccc(Br)cc2)CC1. The molecule has 0 aliphatic carbocycles. The van der Waals surface area contributed by atoms with Gasteiger partial charge in [-0.2, -0.15) is 0 Å². The Kier molecular flexibility index (Phi) is 5.85. The van der Waals surface area contributed by atoms with Crippen LogP contribution >= 0.6 is 15.9 Å². The summed E-state index contributed by atoms with van der Waals surface area (Å²) >= 11 is 3.45. The minimum atomic E-state index is 1.14. The molecule has 0 spiro atoms. The predicted molar refractivity (Wildman–Crippen MR) is 75.2 cm³/mol. The Balaban J connectivity index is 0.000000606. The summed E-state index contributed by atoms with van der Waals surface area (Å²) in [7, 11) is 2.18. The van der Waals surface area contributed by atoms with Crippen LogP contribution in [0.5, 0.6) is 0 Å². The van der Waals surface area contributed by atoms with Crippen molar-refractivity contribution in [1.82, 2.24) is 4.90 Å². The lowest BCUT2D eigenvalue weighted by molar-refractivity contribution is 0.313. The zero-order chi connectivity index (χ0) is 12.0. The van der Waals surface area contributed by atoms with Crippen LogP contribution in [0.15, 0.2) is 28.7 Å². The predicted octanol–water partition coefficient (Wildman–Crippen LogP) is 3.23. The smallest absolute Gasteiger partial charge is 0.0367 e. The van der Waals surface area contributed by atoms with Crippen LogP contribution in [0.3, 0.4) is 0 Å². The minimum Gasteiger partial charge on any atom is -0.369 e. The molecule has 1 aliphatic heterocycles. The van der Waals surface area contributed by atoms with Gasteiger partial charge in [0.05, 0.1) is 0 Å². The molecule has 90 valence electrons. The van der Waals surface area contributed by atoms with Crippen molar-refractivity contribution in [2.75, 3.05) is 38.1 Å². The van der Waals surface area contributed by atoms with Crippen LogP contribution in [-0.4, -0.2) is 38.1 Å². The van der Waals surface area contributed by atoms with E-state index in [1.807, 2.05) is 13.8 Å². The van der Waals surface area contributed by atoms with Crippen LogP contribution in [-0.2, 0) is 0 Å². The van der Waals surface area contributed by atoms with E-state index in [4.69, 9.17) is 0 Å². The highest BCUT2D eigenvalue weighted by molar-refractivity contribution is 9.10. The van der Waals surface area contributed by atoms with Gasteiger partial charge in [0.1, 0.15) is 0 Å². The first-order chi connectivity index (χ1) is 7.75. The zero-order valence-electron chi connectivity index (χ0n) is 10.4. The highest BCUT2D eigenvalue weighted by Crippen LogP contribution is 2.19. The van der Waals surface area contributed by atoms with E-state index in [9.17, 15) is 0 Å².